The van der Waals surface area contributed by atoms with Crippen LogP contribution in [0.25, 0.3) is 0 Å². The number of methoxy groups -OCH3 is 1. The summed E-state index contributed by atoms with van der Waals surface area (Å²) in [6, 6.07) is 5.35. The highest BCUT2D eigenvalue weighted by Gasteiger charge is 2.09. The lowest BCUT2D eigenvalue weighted by Gasteiger charge is -2.04. The monoisotopic (exact) mass is 243 g/mol. The number of nitrogens with one attached hydrogen (secondary N) is 1. The van der Waals surface area contributed by atoms with Gasteiger partial charge in [0.2, 0.25) is 0 Å². The van der Waals surface area contributed by atoms with E-state index in [1.807, 2.05) is 19.2 Å². The number of benzene rings is 1. The second-order valence-corrected chi connectivity index (χ2v) is 3.29. The topological polar surface area (TPSA) is 38.3 Å². The van der Waals surface area contributed by atoms with Crippen LogP contribution in [0, 0.1) is 0 Å². The Morgan fingerprint density at radius 3 is 2.69 bits per heavy atom. The lowest BCUT2D eigenvalue weighted by Crippen LogP contribution is -2.02. The van der Waals surface area contributed by atoms with E-state index in [4.69, 9.17) is 0 Å². The van der Waals surface area contributed by atoms with Gasteiger partial charge in [0.25, 0.3) is 0 Å². The molecular formula is C9H10BrNO2. The van der Waals surface area contributed by atoms with Crippen molar-refractivity contribution < 1.29 is 9.53 Å². The van der Waals surface area contributed by atoms with Crippen molar-refractivity contribution in [3.05, 3.63) is 28.2 Å². The van der Waals surface area contributed by atoms with Crippen LogP contribution < -0.4 is 5.32 Å². The largest absolute Gasteiger partial charge is 0.465 e. The van der Waals surface area contributed by atoms with Crippen molar-refractivity contribution in [2.24, 2.45) is 0 Å². The first-order chi connectivity index (χ1) is 6.19. The Balaban J connectivity index is 3.05. The summed E-state index contributed by atoms with van der Waals surface area (Å²) in [5.41, 5.74) is 1.47. The fourth-order valence-electron chi connectivity index (χ4n) is 0.946. The average Bonchev–Trinajstić information content (AvgIpc) is 2.16. The smallest absolute Gasteiger partial charge is 0.339 e. The molecule has 0 aliphatic heterocycles. The molecule has 0 spiro atoms. The molecule has 1 rings (SSSR count). The van der Waals surface area contributed by atoms with Crippen molar-refractivity contribution in [3.63, 3.8) is 0 Å². The van der Waals surface area contributed by atoms with Gasteiger partial charge < -0.3 is 10.1 Å². The van der Waals surface area contributed by atoms with E-state index in [0.29, 0.717) is 5.56 Å². The summed E-state index contributed by atoms with van der Waals surface area (Å²) in [7, 11) is 3.18. The molecule has 4 heteroatoms. The van der Waals surface area contributed by atoms with Gasteiger partial charge in [-0.05, 0) is 34.1 Å². The standard InChI is InChI=1S/C9H10BrNO2/c1-11-6-3-4-7(8(10)5-6)9(12)13-2/h3-5,11H,1-2H3. The van der Waals surface area contributed by atoms with E-state index in [1.54, 1.807) is 6.07 Å². The molecule has 0 aliphatic rings. The van der Waals surface area contributed by atoms with E-state index in [9.17, 15) is 4.79 Å². The van der Waals surface area contributed by atoms with Gasteiger partial charge in [0.1, 0.15) is 0 Å². The maximum atomic E-state index is 11.2. The summed E-state index contributed by atoms with van der Waals surface area (Å²) in [6.07, 6.45) is 0. The minimum Gasteiger partial charge on any atom is -0.465 e. The Morgan fingerprint density at radius 1 is 1.54 bits per heavy atom. The van der Waals surface area contributed by atoms with Crippen LogP contribution in [0.1, 0.15) is 10.4 Å². The summed E-state index contributed by atoms with van der Waals surface area (Å²) < 4.78 is 5.33. The highest BCUT2D eigenvalue weighted by Crippen LogP contribution is 2.21. The van der Waals surface area contributed by atoms with E-state index in [0.717, 1.165) is 10.2 Å². The number of rotatable bonds is 2. The molecule has 0 amide bonds. The predicted octanol–water partition coefficient (Wildman–Crippen LogP) is 2.28. The first kappa shape index (κ1) is 10.1. The zero-order chi connectivity index (χ0) is 9.84. The minimum absolute atomic E-state index is 0.338. The Bertz CT molecular complexity index is 325. The van der Waals surface area contributed by atoms with Crippen molar-refractivity contribution >= 4 is 27.6 Å². The zero-order valence-electron chi connectivity index (χ0n) is 7.43. The van der Waals surface area contributed by atoms with E-state index in [2.05, 4.69) is 26.0 Å². The number of halogens is 1. The van der Waals surface area contributed by atoms with E-state index in [-0.39, 0.29) is 5.97 Å². The van der Waals surface area contributed by atoms with Gasteiger partial charge in [0.05, 0.1) is 12.7 Å². The van der Waals surface area contributed by atoms with Gasteiger partial charge in [0.15, 0.2) is 0 Å². The van der Waals surface area contributed by atoms with Gasteiger partial charge in [-0.25, -0.2) is 4.79 Å². The lowest BCUT2D eigenvalue weighted by molar-refractivity contribution is 0.0600. The molecule has 0 saturated carbocycles. The highest BCUT2D eigenvalue weighted by atomic mass is 79.9. The average molecular weight is 244 g/mol. The van der Waals surface area contributed by atoms with Gasteiger partial charge in [-0.3, -0.25) is 0 Å². The van der Waals surface area contributed by atoms with Crippen LogP contribution >= 0.6 is 15.9 Å². The van der Waals surface area contributed by atoms with Gasteiger partial charge >= 0.3 is 5.97 Å². The molecule has 70 valence electrons. The van der Waals surface area contributed by atoms with Crippen LogP contribution in [0.2, 0.25) is 0 Å². The number of esters is 1. The Kier molecular flexibility index (Phi) is 3.31. The number of carbonyl (C=O) groups excluding carboxylic acids is 1. The third-order valence-electron chi connectivity index (χ3n) is 1.66. The molecule has 0 heterocycles. The molecule has 13 heavy (non-hydrogen) atoms. The number of carbonyl (C=O) groups is 1. The molecular weight excluding hydrogens is 234 g/mol. The Hall–Kier alpha value is -1.03. The predicted molar refractivity (Wildman–Crippen MR) is 55.0 cm³/mol. The first-order valence-electron chi connectivity index (χ1n) is 3.74. The molecule has 1 N–H and O–H groups in total. The van der Waals surface area contributed by atoms with Crippen molar-refractivity contribution in [2.45, 2.75) is 0 Å². The van der Waals surface area contributed by atoms with Crippen LogP contribution in [-0.2, 0) is 4.74 Å². The number of ether oxygens (including phenoxy) is 1. The maximum absolute atomic E-state index is 11.2. The summed E-state index contributed by atoms with van der Waals surface area (Å²) >= 11 is 3.29. The molecule has 0 fully saturated rings. The van der Waals surface area contributed by atoms with Crippen molar-refractivity contribution in [1.82, 2.24) is 0 Å². The zero-order valence-corrected chi connectivity index (χ0v) is 9.01. The lowest BCUT2D eigenvalue weighted by atomic mass is 10.2. The summed E-state index contributed by atoms with van der Waals surface area (Å²) in [5, 5.41) is 2.97. The molecule has 0 radical (unpaired) electrons. The molecule has 0 aromatic heterocycles. The first-order valence-corrected chi connectivity index (χ1v) is 4.54. The van der Waals surface area contributed by atoms with Gasteiger partial charge in [-0.2, -0.15) is 0 Å². The Labute approximate surface area is 85.2 Å². The summed E-state index contributed by atoms with van der Waals surface area (Å²) in [4.78, 5) is 11.2. The molecule has 1 aromatic rings. The maximum Gasteiger partial charge on any atom is 0.339 e. The Morgan fingerprint density at radius 2 is 2.23 bits per heavy atom. The summed E-state index contributed by atoms with van der Waals surface area (Å²) in [6.45, 7) is 0. The van der Waals surface area contributed by atoms with Gasteiger partial charge in [-0.15, -0.1) is 0 Å². The molecule has 0 saturated heterocycles. The quantitative estimate of drug-likeness (QED) is 0.811. The van der Waals surface area contributed by atoms with Crippen LogP contribution in [0.15, 0.2) is 22.7 Å². The minimum atomic E-state index is -0.338. The summed E-state index contributed by atoms with van der Waals surface area (Å²) in [5.74, 6) is -0.338. The van der Waals surface area contributed by atoms with Crippen molar-refractivity contribution in [2.75, 3.05) is 19.5 Å². The molecule has 0 atom stereocenters. The molecule has 0 bridgehead atoms. The third-order valence-corrected chi connectivity index (χ3v) is 2.32. The molecule has 1 aromatic carbocycles. The SMILES string of the molecule is CNc1ccc(C(=O)OC)c(Br)c1. The highest BCUT2D eigenvalue weighted by molar-refractivity contribution is 9.10. The van der Waals surface area contributed by atoms with Crippen LogP contribution in [0.4, 0.5) is 5.69 Å². The second kappa shape index (κ2) is 4.28. The molecule has 0 aliphatic carbocycles. The van der Waals surface area contributed by atoms with Crippen LogP contribution in [0.5, 0.6) is 0 Å². The third kappa shape index (κ3) is 2.21. The number of anilines is 1. The molecule has 3 nitrogen and oxygen atoms in total. The fraction of sp³-hybridized carbons (Fsp3) is 0.222. The normalized spacial score (nSPS) is 9.46. The second-order valence-electron chi connectivity index (χ2n) is 2.44. The van der Waals surface area contributed by atoms with Crippen LogP contribution in [-0.4, -0.2) is 20.1 Å². The molecule has 0 unspecified atom stereocenters. The van der Waals surface area contributed by atoms with Crippen molar-refractivity contribution in [1.29, 1.82) is 0 Å². The van der Waals surface area contributed by atoms with E-state index < -0.39 is 0 Å². The van der Waals surface area contributed by atoms with Gasteiger partial charge in [0, 0.05) is 17.2 Å². The van der Waals surface area contributed by atoms with Gasteiger partial charge in [-0.1, -0.05) is 0 Å². The number of hydrogen-bond acceptors (Lipinski definition) is 3. The van der Waals surface area contributed by atoms with Crippen LogP contribution in [0.3, 0.4) is 0 Å². The van der Waals surface area contributed by atoms with E-state index in [1.165, 1.54) is 7.11 Å². The fourth-order valence-corrected chi connectivity index (χ4v) is 1.49. The van der Waals surface area contributed by atoms with Crippen molar-refractivity contribution in [3.8, 4) is 0 Å². The number of hydrogen-bond donors (Lipinski definition) is 1. The van der Waals surface area contributed by atoms with E-state index >= 15 is 0 Å².